The summed E-state index contributed by atoms with van der Waals surface area (Å²) >= 11 is 20.3. The third-order valence-corrected chi connectivity index (χ3v) is 6.99. The molecular weight excluding hydrogens is 467 g/mol. The Kier molecular flexibility index (Phi) is 7.51. The molecule has 1 atom stereocenters. The molecule has 2 aromatic carbocycles. The minimum absolute atomic E-state index is 0.0116. The van der Waals surface area contributed by atoms with E-state index in [1.165, 1.54) is 0 Å². The summed E-state index contributed by atoms with van der Waals surface area (Å²) in [5.74, 6) is 0.560. The molecule has 8 heteroatoms. The number of carbonyl (C=O) groups is 1. The van der Waals surface area contributed by atoms with Crippen molar-refractivity contribution in [3.63, 3.8) is 0 Å². The van der Waals surface area contributed by atoms with Gasteiger partial charge in [0.25, 0.3) is 0 Å². The fourth-order valence-corrected chi connectivity index (χ4v) is 5.18. The highest BCUT2D eigenvalue weighted by molar-refractivity contribution is 8.04. The number of hydrogen-bond donors (Lipinski definition) is 1. The van der Waals surface area contributed by atoms with E-state index in [1.807, 2.05) is 13.8 Å². The summed E-state index contributed by atoms with van der Waals surface area (Å²) in [6.45, 7) is 3.80. The summed E-state index contributed by atoms with van der Waals surface area (Å²) in [5.41, 5.74) is 0.611. The second kappa shape index (κ2) is 9.73. The number of ketones is 1. The summed E-state index contributed by atoms with van der Waals surface area (Å²) in [4.78, 5) is 13.8. The molecule has 0 bridgehead atoms. The highest BCUT2D eigenvalue weighted by Crippen LogP contribution is 2.47. The number of benzene rings is 2. The van der Waals surface area contributed by atoms with Crippen LogP contribution in [0.2, 0.25) is 15.1 Å². The largest absolute Gasteiger partial charge is 0.511 e. The average molecular weight is 488 g/mol. The van der Waals surface area contributed by atoms with Crippen molar-refractivity contribution in [2.24, 2.45) is 0 Å². The Bertz CT molecular complexity index is 1000. The van der Waals surface area contributed by atoms with E-state index in [4.69, 9.17) is 44.3 Å². The van der Waals surface area contributed by atoms with Crippen LogP contribution in [0.4, 0.5) is 0 Å². The minimum Gasteiger partial charge on any atom is -0.511 e. The molecule has 2 aromatic rings. The fourth-order valence-electron chi connectivity index (χ4n) is 3.26. The first-order valence-electron chi connectivity index (χ1n) is 9.32. The van der Waals surface area contributed by atoms with Crippen LogP contribution in [-0.4, -0.2) is 24.1 Å². The number of carbonyl (C=O) groups excluding carboxylic acids is 1. The lowest BCUT2D eigenvalue weighted by Gasteiger charge is -2.26. The zero-order valence-electron chi connectivity index (χ0n) is 16.7. The fraction of sp³-hybridized carbons (Fsp3) is 0.318. The first-order valence-corrected chi connectivity index (χ1v) is 11.3. The van der Waals surface area contributed by atoms with Gasteiger partial charge in [-0.1, -0.05) is 46.6 Å². The zero-order valence-corrected chi connectivity index (χ0v) is 19.8. The second-order valence-corrected chi connectivity index (χ2v) is 9.39. The van der Waals surface area contributed by atoms with E-state index in [9.17, 15) is 9.90 Å². The number of methoxy groups -OCH3 is 1. The Morgan fingerprint density at radius 3 is 2.43 bits per heavy atom. The van der Waals surface area contributed by atoms with Crippen LogP contribution >= 0.6 is 46.6 Å². The van der Waals surface area contributed by atoms with Crippen LogP contribution < -0.4 is 9.47 Å². The SMILES string of the molecule is COc1ccc(Cl)c(SC2=C(O)CC(c3c(Cl)ccc(OC(C)C)c3Cl)CC2=O)c1. The maximum Gasteiger partial charge on any atom is 0.173 e. The summed E-state index contributed by atoms with van der Waals surface area (Å²) in [6, 6.07) is 8.56. The number of aliphatic hydroxyl groups excluding tert-OH is 1. The van der Waals surface area contributed by atoms with E-state index >= 15 is 0 Å². The molecule has 0 heterocycles. The molecule has 1 aliphatic rings. The Balaban J connectivity index is 1.91. The second-order valence-electron chi connectivity index (χ2n) is 7.14. The van der Waals surface area contributed by atoms with Crippen molar-refractivity contribution in [1.29, 1.82) is 0 Å². The molecule has 3 rings (SSSR count). The molecule has 0 aliphatic heterocycles. The van der Waals surface area contributed by atoms with Crippen LogP contribution in [0.1, 0.15) is 38.2 Å². The normalized spacial score (nSPS) is 16.9. The van der Waals surface area contributed by atoms with Crippen LogP contribution in [0.5, 0.6) is 11.5 Å². The molecule has 4 nitrogen and oxygen atoms in total. The summed E-state index contributed by atoms with van der Waals surface area (Å²) < 4.78 is 11.0. The quantitative estimate of drug-likeness (QED) is 0.458. The van der Waals surface area contributed by atoms with Crippen LogP contribution in [0.15, 0.2) is 45.9 Å². The summed E-state index contributed by atoms with van der Waals surface area (Å²) in [6.07, 6.45) is 0.340. The van der Waals surface area contributed by atoms with E-state index in [0.29, 0.717) is 37.0 Å². The molecule has 0 aromatic heterocycles. The molecular formula is C22H21Cl3O4S. The number of Topliss-reactive ketones (excluding diaryl/α,β-unsaturated/α-hetero) is 1. The van der Waals surface area contributed by atoms with Gasteiger partial charge in [0.2, 0.25) is 0 Å². The van der Waals surface area contributed by atoms with Gasteiger partial charge >= 0.3 is 0 Å². The van der Waals surface area contributed by atoms with Crippen molar-refractivity contribution in [3.8, 4) is 11.5 Å². The van der Waals surface area contributed by atoms with Gasteiger partial charge in [0.05, 0.1) is 28.2 Å². The van der Waals surface area contributed by atoms with Crippen molar-refractivity contribution in [3.05, 3.63) is 61.6 Å². The van der Waals surface area contributed by atoms with Gasteiger partial charge in [0.15, 0.2) is 5.78 Å². The number of allylic oxidation sites excluding steroid dienone is 2. The molecule has 0 saturated carbocycles. The van der Waals surface area contributed by atoms with Gasteiger partial charge in [-0.05, 0) is 49.7 Å². The molecule has 1 aliphatic carbocycles. The van der Waals surface area contributed by atoms with E-state index in [-0.39, 0.29) is 41.3 Å². The number of thioether (sulfide) groups is 1. The Labute approximate surface area is 195 Å². The molecule has 0 saturated heterocycles. The van der Waals surface area contributed by atoms with E-state index < -0.39 is 0 Å². The topological polar surface area (TPSA) is 55.8 Å². The minimum atomic E-state index is -0.349. The third kappa shape index (κ3) is 5.02. The molecule has 1 unspecified atom stereocenters. The lowest BCUT2D eigenvalue weighted by Crippen LogP contribution is -2.18. The van der Waals surface area contributed by atoms with Crippen molar-refractivity contribution < 1.29 is 19.4 Å². The van der Waals surface area contributed by atoms with Crippen LogP contribution in [-0.2, 0) is 4.79 Å². The Morgan fingerprint density at radius 2 is 1.80 bits per heavy atom. The van der Waals surface area contributed by atoms with Gasteiger partial charge in [-0.15, -0.1) is 0 Å². The van der Waals surface area contributed by atoms with Gasteiger partial charge in [-0.25, -0.2) is 0 Å². The summed E-state index contributed by atoms with van der Waals surface area (Å²) in [7, 11) is 1.55. The molecule has 0 radical (unpaired) electrons. The smallest absolute Gasteiger partial charge is 0.173 e. The van der Waals surface area contributed by atoms with Crippen molar-refractivity contribution >= 4 is 52.3 Å². The average Bonchev–Trinajstić information content (AvgIpc) is 2.68. The first-order chi connectivity index (χ1) is 14.2. The third-order valence-electron chi connectivity index (χ3n) is 4.60. The van der Waals surface area contributed by atoms with E-state index in [2.05, 4.69) is 0 Å². The molecule has 1 N–H and O–H groups in total. The Morgan fingerprint density at radius 1 is 1.10 bits per heavy atom. The number of aliphatic hydroxyl groups is 1. The van der Waals surface area contributed by atoms with Gasteiger partial charge < -0.3 is 14.6 Å². The number of ether oxygens (including phenoxy) is 2. The van der Waals surface area contributed by atoms with Crippen LogP contribution in [0.25, 0.3) is 0 Å². The molecule has 30 heavy (non-hydrogen) atoms. The standard InChI is InChI=1S/C22H21Cl3O4S/c1-11(2)29-18-7-6-15(24)20(21(18)25)12-8-16(26)22(17(27)9-12)30-19-10-13(28-3)4-5-14(19)23/h4-7,10-12,26H,8-9H2,1-3H3. The van der Waals surface area contributed by atoms with Crippen molar-refractivity contribution in [2.45, 2.75) is 43.6 Å². The number of rotatable bonds is 6. The van der Waals surface area contributed by atoms with Gasteiger partial charge in [-0.2, -0.15) is 0 Å². The first kappa shape index (κ1) is 23.1. The maximum absolute atomic E-state index is 12.9. The van der Waals surface area contributed by atoms with Crippen molar-refractivity contribution in [1.82, 2.24) is 0 Å². The molecule has 160 valence electrons. The summed E-state index contributed by atoms with van der Waals surface area (Å²) in [5, 5.41) is 12.0. The van der Waals surface area contributed by atoms with E-state index in [0.717, 1.165) is 11.8 Å². The molecule has 0 amide bonds. The highest BCUT2D eigenvalue weighted by atomic mass is 35.5. The zero-order chi connectivity index (χ0) is 22.0. The lowest BCUT2D eigenvalue weighted by molar-refractivity contribution is -0.115. The predicted molar refractivity (Wildman–Crippen MR) is 123 cm³/mol. The highest BCUT2D eigenvalue weighted by Gasteiger charge is 2.33. The molecule has 0 fully saturated rings. The molecule has 0 spiro atoms. The Hall–Kier alpha value is -1.53. The van der Waals surface area contributed by atoms with Crippen LogP contribution in [0.3, 0.4) is 0 Å². The van der Waals surface area contributed by atoms with Gasteiger partial charge in [-0.3, -0.25) is 4.79 Å². The van der Waals surface area contributed by atoms with Crippen LogP contribution in [0, 0.1) is 0 Å². The van der Waals surface area contributed by atoms with Gasteiger partial charge in [0.1, 0.15) is 17.3 Å². The van der Waals surface area contributed by atoms with E-state index in [1.54, 1.807) is 37.4 Å². The van der Waals surface area contributed by atoms with Crippen molar-refractivity contribution in [2.75, 3.05) is 7.11 Å². The monoisotopic (exact) mass is 486 g/mol. The lowest BCUT2D eigenvalue weighted by atomic mass is 9.86. The van der Waals surface area contributed by atoms with Gasteiger partial charge in [0, 0.05) is 28.7 Å². The number of halogens is 3. The predicted octanol–water partition coefficient (Wildman–Crippen LogP) is 7.45. The number of hydrogen-bond acceptors (Lipinski definition) is 5. The maximum atomic E-state index is 12.9.